The highest BCUT2D eigenvalue weighted by molar-refractivity contribution is 7.98. The van der Waals surface area contributed by atoms with Crippen molar-refractivity contribution in [2.45, 2.75) is 31.2 Å². The van der Waals surface area contributed by atoms with Crippen LogP contribution in [0.3, 0.4) is 0 Å². The average molecular weight is 422 g/mol. The van der Waals surface area contributed by atoms with E-state index in [2.05, 4.69) is 34.2 Å². The fourth-order valence-electron chi connectivity index (χ4n) is 3.02. The van der Waals surface area contributed by atoms with E-state index < -0.39 is 0 Å². The quantitative estimate of drug-likeness (QED) is 0.378. The van der Waals surface area contributed by atoms with Gasteiger partial charge in [-0.05, 0) is 42.3 Å². The summed E-state index contributed by atoms with van der Waals surface area (Å²) in [5.74, 6) is 3.90. The predicted molar refractivity (Wildman–Crippen MR) is 116 cm³/mol. The molecule has 0 saturated heterocycles. The zero-order valence-electron chi connectivity index (χ0n) is 17.1. The van der Waals surface area contributed by atoms with E-state index in [1.165, 1.54) is 11.8 Å². The predicted octanol–water partition coefficient (Wildman–Crippen LogP) is 4.82. The molecule has 0 aliphatic carbocycles. The van der Waals surface area contributed by atoms with E-state index in [1.54, 1.807) is 7.11 Å². The number of nitrogens with zero attached hydrogens (tertiary/aromatic N) is 5. The SMILES string of the molecule is COc1ccc(-c2nnc(SCc3nc(CC(C)C)no3)n2-c2ccccc2)cc1. The molecule has 0 amide bonds. The maximum atomic E-state index is 5.40. The molecule has 4 rings (SSSR count). The van der Waals surface area contributed by atoms with Gasteiger partial charge in [0.05, 0.1) is 12.9 Å². The van der Waals surface area contributed by atoms with Crippen molar-refractivity contribution in [1.82, 2.24) is 24.9 Å². The summed E-state index contributed by atoms with van der Waals surface area (Å²) in [5, 5.41) is 13.7. The van der Waals surface area contributed by atoms with Crippen LogP contribution >= 0.6 is 11.8 Å². The molecule has 0 aliphatic rings. The number of methoxy groups -OCH3 is 1. The maximum Gasteiger partial charge on any atom is 0.237 e. The van der Waals surface area contributed by atoms with E-state index in [0.29, 0.717) is 17.6 Å². The molecule has 2 aromatic heterocycles. The molecule has 154 valence electrons. The molecule has 8 heteroatoms. The highest BCUT2D eigenvalue weighted by atomic mass is 32.2. The summed E-state index contributed by atoms with van der Waals surface area (Å²) in [7, 11) is 1.65. The molecular formula is C22H23N5O2S. The number of hydrogen-bond acceptors (Lipinski definition) is 7. The van der Waals surface area contributed by atoms with E-state index >= 15 is 0 Å². The summed E-state index contributed by atoms with van der Waals surface area (Å²) in [6.07, 6.45) is 0.802. The normalized spacial score (nSPS) is 11.2. The summed E-state index contributed by atoms with van der Waals surface area (Å²) < 4.78 is 12.7. The third-order valence-electron chi connectivity index (χ3n) is 4.42. The first-order valence-corrected chi connectivity index (χ1v) is 10.7. The van der Waals surface area contributed by atoms with Crippen molar-refractivity contribution in [3.05, 3.63) is 66.3 Å². The zero-order valence-corrected chi connectivity index (χ0v) is 18.0. The lowest BCUT2D eigenvalue weighted by atomic mass is 10.1. The second-order valence-corrected chi connectivity index (χ2v) is 8.14. The Hall–Kier alpha value is -3.13. The Balaban J connectivity index is 1.62. The summed E-state index contributed by atoms with van der Waals surface area (Å²) >= 11 is 1.52. The van der Waals surface area contributed by atoms with Crippen LogP contribution in [0.4, 0.5) is 0 Å². The van der Waals surface area contributed by atoms with Crippen molar-refractivity contribution < 1.29 is 9.26 Å². The molecule has 30 heavy (non-hydrogen) atoms. The van der Waals surface area contributed by atoms with Crippen molar-refractivity contribution in [2.75, 3.05) is 7.11 Å². The number of rotatable bonds is 8. The Kier molecular flexibility index (Phi) is 6.13. The number of hydrogen-bond donors (Lipinski definition) is 0. The number of para-hydroxylation sites is 1. The van der Waals surface area contributed by atoms with Crippen LogP contribution in [0.15, 0.2) is 64.3 Å². The van der Waals surface area contributed by atoms with Crippen molar-refractivity contribution in [1.29, 1.82) is 0 Å². The second-order valence-electron chi connectivity index (χ2n) is 7.20. The Labute approximate surface area is 179 Å². The molecule has 4 aromatic rings. The van der Waals surface area contributed by atoms with Crippen molar-refractivity contribution in [3.8, 4) is 22.8 Å². The van der Waals surface area contributed by atoms with Gasteiger partial charge in [-0.25, -0.2) is 0 Å². The molecule has 0 aliphatic heterocycles. The summed E-state index contributed by atoms with van der Waals surface area (Å²) in [5.41, 5.74) is 1.94. The molecule has 0 N–H and O–H groups in total. The number of thioether (sulfide) groups is 1. The van der Waals surface area contributed by atoms with Gasteiger partial charge >= 0.3 is 0 Å². The van der Waals surface area contributed by atoms with Gasteiger partial charge in [-0.2, -0.15) is 4.98 Å². The number of ether oxygens (including phenoxy) is 1. The van der Waals surface area contributed by atoms with Gasteiger partial charge in [0.15, 0.2) is 16.8 Å². The maximum absolute atomic E-state index is 5.40. The Bertz CT molecular complexity index is 1090. The average Bonchev–Trinajstić information content (AvgIpc) is 3.39. The first kappa shape index (κ1) is 20.2. The van der Waals surface area contributed by atoms with Gasteiger partial charge in [0.25, 0.3) is 0 Å². The number of benzene rings is 2. The Morgan fingerprint density at radius 3 is 2.50 bits per heavy atom. The molecule has 0 unspecified atom stereocenters. The zero-order chi connectivity index (χ0) is 20.9. The minimum Gasteiger partial charge on any atom is -0.497 e. The topological polar surface area (TPSA) is 78.9 Å². The second kappa shape index (κ2) is 9.13. The van der Waals surface area contributed by atoms with Crippen LogP contribution in [0.5, 0.6) is 5.75 Å². The van der Waals surface area contributed by atoms with Gasteiger partial charge < -0.3 is 9.26 Å². The number of aromatic nitrogens is 5. The molecule has 0 spiro atoms. The van der Waals surface area contributed by atoms with Crippen molar-refractivity contribution in [3.63, 3.8) is 0 Å². The molecule has 0 saturated carbocycles. The molecule has 0 fully saturated rings. The molecular weight excluding hydrogens is 398 g/mol. The van der Waals surface area contributed by atoms with Crippen LogP contribution in [0, 0.1) is 5.92 Å². The van der Waals surface area contributed by atoms with Gasteiger partial charge in [0, 0.05) is 17.7 Å². The van der Waals surface area contributed by atoms with Gasteiger partial charge in [-0.3, -0.25) is 4.57 Å². The highest BCUT2D eigenvalue weighted by Crippen LogP contribution is 2.30. The molecule has 2 heterocycles. The minimum absolute atomic E-state index is 0.483. The van der Waals surface area contributed by atoms with Gasteiger partial charge in [0.1, 0.15) is 5.75 Å². The van der Waals surface area contributed by atoms with E-state index in [4.69, 9.17) is 9.26 Å². The van der Waals surface area contributed by atoms with Crippen molar-refractivity contribution in [2.24, 2.45) is 5.92 Å². The van der Waals surface area contributed by atoms with Crippen LogP contribution in [0.1, 0.15) is 25.6 Å². The van der Waals surface area contributed by atoms with E-state index in [1.807, 2.05) is 59.2 Å². The third kappa shape index (κ3) is 4.54. The van der Waals surface area contributed by atoms with Crippen molar-refractivity contribution >= 4 is 11.8 Å². The summed E-state index contributed by atoms with van der Waals surface area (Å²) in [4.78, 5) is 4.48. The largest absolute Gasteiger partial charge is 0.497 e. The Morgan fingerprint density at radius 1 is 1.03 bits per heavy atom. The molecule has 0 atom stereocenters. The third-order valence-corrected chi connectivity index (χ3v) is 5.34. The smallest absolute Gasteiger partial charge is 0.237 e. The van der Waals surface area contributed by atoms with E-state index in [0.717, 1.165) is 40.2 Å². The van der Waals surface area contributed by atoms with Crippen LogP contribution in [0.25, 0.3) is 17.1 Å². The summed E-state index contributed by atoms with van der Waals surface area (Å²) in [6.45, 7) is 4.27. The van der Waals surface area contributed by atoms with Crippen LogP contribution in [-0.2, 0) is 12.2 Å². The fraction of sp³-hybridized carbons (Fsp3) is 0.273. The lowest BCUT2D eigenvalue weighted by Gasteiger charge is -2.10. The summed E-state index contributed by atoms with van der Waals surface area (Å²) in [6, 6.07) is 17.8. The van der Waals surface area contributed by atoms with Gasteiger partial charge in [-0.15, -0.1) is 10.2 Å². The van der Waals surface area contributed by atoms with Crippen LogP contribution < -0.4 is 4.74 Å². The lowest BCUT2D eigenvalue weighted by Crippen LogP contribution is -2.00. The first-order chi connectivity index (χ1) is 14.6. The van der Waals surface area contributed by atoms with Gasteiger partial charge in [-0.1, -0.05) is 49.0 Å². The van der Waals surface area contributed by atoms with Gasteiger partial charge in [0.2, 0.25) is 5.89 Å². The Morgan fingerprint density at radius 2 is 1.80 bits per heavy atom. The standard InChI is InChI=1S/C22H23N5O2S/c1-15(2)13-19-23-20(29-26-19)14-30-22-25-24-21(16-9-11-18(28-3)12-10-16)27(22)17-7-5-4-6-8-17/h4-12,15H,13-14H2,1-3H3. The lowest BCUT2D eigenvalue weighted by molar-refractivity contribution is 0.382. The minimum atomic E-state index is 0.483. The monoisotopic (exact) mass is 421 g/mol. The molecule has 7 nitrogen and oxygen atoms in total. The molecule has 0 radical (unpaired) electrons. The fourth-order valence-corrected chi connectivity index (χ4v) is 3.81. The van der Waals surface area contributed by atoms with Crippen LogP contribution in [0.2, 0.25) is 0 Å². The highest BCUT2D eigenvalue weighted by Gasteiger charge is 2.18. The van der Waals surface area contributed by atoms with E-state index in [-0.39, 0.29) is 0 Å². The van der Waals surface area contributed by atoms with Crippen LogP contribution in [-0.4, -0.2) is 32.0 Å². The first-order valence-electron chi connectivity index (χ1n) is 9.73. The molecule has 0 bridgehead atoms. The van der Waals surface area contributed by atoms with E-state index in [9.17, 15) is 0 Å². The molecule has 2 aromatic carbocycles.